The number of carbonyl (C=O) groups excluding carboxylic acids is 4. The van der Waals surface area contributed by atoms with Crippen molar-refractivity contribution >= 4 is 57.4 Å². The molecule has 1 aliphatic carbocycles. The van der Waals surface area contributed by atoms with Crippen LogP contribution in [0.5, 0.6) is 0 Å². The fraction of sp³-hybridized carbons (Fsp3) is 0.455. The van der Waals surface area contributed by atoms with Crippen LogP contribution in [0.1, 0.15) is 77.6 Å². The maximum Gasteiger partial charge on any atom is 0.407 e. The maximum absolute atomic E-state index is 14.0. The van der Waals surface area contributed by atoms with Crippen molar-refractivity contribution in [3.8, 4) is 22.4 Å². The van der Waals surface area contributed by atoms with E-state index in [1.807, 2.05) is 67.8 Å². The Labute approximate surface area is 347 Å². The molecule has 2 aromatic heterocycles. The number of halogens is 1. The number of nitrogens with zero attached hydrogens (tertiary/aromatic N) is 4. The molecular weight excluding hydrogens is 772 g/mol. The normalized spacial score (nSPS) is 22.2. The Hall–Kier alpha value is -5.63. The van der Waals surface area contributed by atoms with Crippen LogP contribution in [0.2, 0.25) is 5.15 Å². The molecule has 4 amide bonds. The Balaban J connectivity index is 1.01. The lowest BCUT2D eigenvalue weighted by Crippen LogP contribution is -2.52. The second kappa shape index (κ2) is 15.9. The van der Waals surface area contributed by atoms with E-state index in [-0.39, 0.29) is 41.8 Å². The second-order valence-electron chi connectivity index (χ2n) is 16.8. The highest BCUT2D eigenvalue weighted by Crippen LogP contribution is 2.58. The molecule has 2 saturated heterocycles. The lowest BCUT2D eigenvalue weighted by atomic mass is 9.99. The standard InChI is InChI=1S/C44H51ClN8O6/c1-21(2)33(49-43(56)58-6)41(54)52-18-8-9-31(52)39-46-30-17-15-27-19-26(14-16-28(27)36(30)48-39)24-10-12-25(13-11-24)35-38(45)51-40(47-35)32-20-29-23(5)37(29)53(32)42(55)34(22(3)4)50-44(57)59-7/h10-17,19,21-23,29,31-34,37H,8-9,18,20H2,1-7H3,(H,46,48)(H,47,51)(H,49,56)(H,50,57)/t23?,29?,31-,32-,33-,34?,37?/m0/s1. The first kappa shape index (κ1) is 40.2. The van der Waals surface area contributed by atoms with Gasteiger partial charge in [-0.1, -0.05) is 88.7 Å². The number of aromatic nitrogens is 4. The van der Waals surface area contributed by atoms with Crippen molar-refractivity contribution in [2.75, 3.05) is 20.8 Å². The van der Waals surface area contributed by atoms with Gasteiger partial charge in [0.2, 0.25) is 11.8 Å². The Morgan fingerprint density at radius 2 is 1.42 bits per heavy atom. The Morgan fingerprint density at radius 3 is 2.08 bits per heavy atom. The highest BCUT2D eigenvalue weighted by Gasteiger charge is 2.61. The van der Waals surface area contributed by atoms with E-state index in [1.54, 1.807) is 0 Å². The number of nitrogens with one attached hydrogen (secondary N) is 4. The zero-order valence-corrected chi connectivity index (χ0v) is 35.1. The van der Waals surface area contributed by atoms with Gasteiger partial charge in [0.05, 0.1) is 37.3 Å². The van der Waals surface area contributed by atoms with E-state index in [1.165, 1.54) is 14.2 Å². The van der Waals surface area contributed by atoms with Gasteiger partial charge in [-0.05, 0) is 71.6 Å². The molecule has 0 spiro atoms. The predicted octanol–water partition coefficient (Wildman–Crippen LogP) is 7.76. The Bertz CT molecular complexity index is 2430. The van der Waals surface area contributed by atoms with E-state index in [9.17, 15) is 19.2 Å². The minimum absolute atomic E-state index is 0.0853. The van der Waals surface area contributed by atoms with Gasteiger partial charge < -0.3 is 39.9 Å². The summed E-state index contributed by atoms with van der Waals surface area (Å²) in [4.78, 5) is 72.4. The molecule has 7 atom stereocenters. The molecule has 0 radical (unpaired) electrons. The summed E-state index contributed by atoms with van der Waals surface area (Å²) in [6.07, 6.45) is 1.11. The third-order valence-corrected chi connectivity index (χ3v) is 12.8. The molecule has 3 fully saturated rings. The first-order valence-electron chi connectivity index (χ1n) is 20.4. The predicted molar refractivity (Wildman–Crippen MR) is 224 cm³/mol. The monoisotopic (exact) mass is 822 g/mol. The number of rotatable bonds is 10. The van der Waals surface area contributed by atoms with E-state index in [0.717, 1.165) is 63.6 Å². The van der Waals surface area contributed by atoms with E-state index in [2.05, 4.69) is 51.8 Å². The van der Waals surface area contributed by atoms with Crippen LogP contribution in [0.3, 0.4) is 0 Å². The van der Waals surface area contributed by atoms with Gasteiger partial charge in [0.1, 0.15) is 34.6 Å². The summed E-state index contributed by atoms with van der Waals surface area (Å²) in [6, 6.07) is 16.6. The summed E-state index contributed by atoms with van der Waals surface area (Å²) in [5.74, 6) is 1.55. The van der Waals surface area contributed by atoms with Crippen molar-refractivity contribution in [1.82, 2.24) is 40.4 Å². The minimum atomic E-state index is -0.728. The molecule has 1 saturated carbocycles. The van der Waals surface area contributed by atoms with Crippen LogP contribution in [-0.2, 0) is 19.1 Å². The molecule has 8 rings (SSSR count). The zero-order valence-electron chi connectivity index (χ0n) is 34.3. The average Bonchev–Trinajstić information content (AvgIpc) is 3.84. The third-order valence-electron chi connectivity index (χ3n) is 12.5. The summed E-state index contributed by atoms with van der Waals surface area (Å²) < 4.78 is 9.60. The van der Waals surface area contributed by atoms with Crippen LogP contribution >= 0.6 is 11.6 Å². The van der Waals surface area contributed by atoms with Crippen molar-refractivity contribution in [2.45, 2.75) is 84.1 Å². The van der Waals surface area contributed by atoms with Crippen LogP contribution in [0.4, 0.5) is 9.59 Å². The topological polar surface area (TPSA) is 175 Å². The summed E-state index contributed by atoms with van der Waals surface area (Å²) in [6.45, 7) is 10.4. The molecule has 4 heterocycles. The van der Waals surface area contributed by atoms with Crippen molar-refractivity contribution in [3.63, 3.8) is 0 Å². The number of H-pyrrole nitrogens is 2. The van der Waals surface area contributed by atoms with Gasteiger partial charge in [0, 0.05) is 23.5 Å². The average molecular weight is 823 g/mol. The number of methoxy groups -OCH3 is 2. The van der Waals surface area contributed by atoms with Crippen LogP contribution in [0, 0.1) is 23.7 Å². The number of ether oxygens (including phenoxy) is 2. The molecule has 2 aliphatic heterocycles. The van der Waals surface area contributed by atoms with Crippen LogP contribution < -0.4 is 10.6 Å². The Morgan fingerprint density at radius 1 is 0.797 bits per heavy atom. The van der Waals surface area contributed by atoms with Crippen molar-refractivity contribution in [1.29, 1.82) is 0 Å². The molecule has 310 valence electrons. The Kier molecular flexibility index (Phi) is 10.8. The number of imidazole rings is 2. The van der Waals surface area contributed by atoms with E-state index in [0.29, 0.717) is 35.1 Å². The number of amides is 4. The molecule has 0 bridgehead atoms. The van der Waals surface area contributed by atoms with Gasteiger partial charge in [-0.25, -0.2) is 19.6 Å². The first-order valence-corrected chi connectivity index (χ1v) is 20.8. The fourth-order valence-electron chi connectivity index (χ4n) is 9.21. The van der Waals surface area contributed by atoms with Gasteiger partial charge in [-0.3, -0.25) is 9.59 Å². The van der Waals surface area contributed by atoms with Crippen LogP contribution in [0.15, 0.2) is 54.6 Å². The van der Waals surface area contributed by atoms with Crippen molar-refractivity contribution in [2.24, 2.45) is 23.7 Å². The third kappa shape index (κ3) is 7.36. The number of hydrogen-bond acceptors (Lipinski definition) is 8. The highest BCUT2D eigenvalue weighted by molar-refractivity contribution is 6.32. The van der Waals surface area contributed by atoms with Gasteiger partial charge >= 0.3 is 12.2 Å². The number of hydrogen-bond donors (Lipinski definition) is 4. The van der Waals surface area contributed by atoms with E-state index >= 15 is 0 Å². The SMILES string of the molecule is COC(=O)NC(C(=O)N1C2C(C)C2C[C@H]1c1nc(-c2ccc(-c3ccc4c(ccc5[nH]c([C@@H]6CCCN6C(=O)[C@@H](NC(=O)OC)C(C)C)nc54)c3)cc2)c(Cl)[nH]1)C(C)C. The largest absolute Gasteiger partial charge is 0.453 e. The molecule has 3 aromatic carbocycles. The van der Waals surface area contributed by atoms with Crippen molar-refractivity contribution < 1.29 is 28.7 Å². The number of fused-ring (bicyclic) bond motifs is 4. The lowest BCUT2D eigenvalue weighted by Gasteiger charge is -2.32. The number of aromatic amines is 2. The zero-order chi connectivity index (χ0) is 41.9. The first-order chi connectivity index (χ1) is 28.3. The molecule has 5 aromatic rings. The van der Waals surface area contributed by atoms with Crippen LogP contribution in [-0.4, -0.2) is 92.6 Å². The lowest BCUT2D eigenvalue weighted by molar-refractivity contribution is -0.137. The minimum Gasteiger partial charge on any atom is -0.453 e. The maximum atomic E-state index is 14.0. The van der Waals surface area contributed by atoms with E-state index < -0.39 is 24.3 Å². The van der Waals surface area contributed by atoms with Gasteiger partial charge in [-0.15, -0.1) is 0 Å². The van der Waals surface area contributed by atoms with Crippen LogP contribution in [0.25, 0.3) is 44.2 Å². The summed E-state index contributed by atoms with van der Waals surface area (Å²) in [5.41, 5.74) is 5.23. The number of alkyl carbamates (subject to hydrolysis) is 2. The summed E-state index contributed by atoms with van der Waals surface area (Å²) in [5, 5.41) is 7.88. The van der Waals surface area contributed by atoms with E-state index in [4.69, 9.17) is 31.0 Å². The number of likely N-dealkylation sites (tertiary alicyclic amines) is 2. The number of piperidine rings is 1. The van der Waals surface area contributed by atoms with Gasteiger partial charge in [0.25, 0.3) is 0 Å². The fourth-order valence-corrected chi connectivity index (χ4v) is 9.46. The highest BCUT2D eigenvalue weighted by atomic mass is 35.5. The number of carbonyl (C=O) groups is 4. The molecule has 4 N–H and O–H groups in total. The molecule has 14 nitrogen and oxygen atoms in total. The second-order valence-corrected chi connectivity index (χ2v) is 17.2. The van der Waals surface area contributed by atoms with Crippen molar-refractivity contribution in [3.05, 3.63) is 71.4 Å². The quantitative estimate of drug-likeness (QED) is 0.111. The summed E-state index contributed by atoms with van der Waals surface area (Å²) >= 11 is 6.81. The van der Waals surface area contributed by atoms with Gasteiger partial charge in [-0.2, -0.15) is 0 Å². The smallest absolute Gasteiger partial charge is 0.407 e. The molecule has 3 aliphatic rings. The molecule has 4 unspecified atom stereocenters. The molecule has 15 heteroatoms. The van der Waals surface area contributed by atoms with Gasteiger partial charge in [0.15, 0.2) is 0 Å². The molecule has 59 heavy (non-hydrogen) atoms. The molecular formula is C44H51ClN8O6. The number of benzene rings is 3. The summed E-state index contributed by atoms with van der Waals surface area (Å²) in [7, 11) is 2.58.